The summed E-state index contributed by atoms with van der Waals surface area (Å²) in [5, 5.41) is 15.7. The van der Waals surface area contributed by atoms with Crippen LogP contribution in [0.2, 0.25) is 0 Å². The summed E-state index contributed by atoms with van der Waals surface area (Å²) in [6.07, 6.45) is 0.689. The Balaban J connectivity index is 1.81. The average molecular weight is 270 g/mol. The van der Waals surface area contributed by atoms with Crippen LogP contribution in [0.3, 0.4) is 0 Å². The fourth-order valence-corrected chi connectivity index (χ4v) is 1.96. The molecular formula is C15H14N2O3. The predicted molar refractivity (Wildman–Crippen MR) is 73.6 cm³/mol. The van der Waals surface area contributed by atoms with E-state index in [1.54, 1.807) is 12.1 Å². The number of hydrogen-bond donors (Lipinski definition) is 1. The van der Waals surface area contributed by atoms with Crippen molar-refractivity contribution in [2.45, 2.75) is 20.0 Å². The molecular weight excluding hydrogens is 256 g/mol. The topological polar surface area (TPSA) is 68.4 Å². The zero-order chi connectivity index (χ0) is 13.9. The SMILES string of the molecule is CCc1nc(COc2cc3ccccc3cc2O)no1. The lowest BCUT2D eigenvalue weighted by Crippen LogP contribution is -1.98. The second-order valence-corrected chi connectivity index (χ2v) is 4.41. The third-order valence-corrected chi connectivity index (χ3v) is 3.00. The number of nitrogens with zero attached hydrogens (tertiary/aromatic N) is 2. The van der Waals surface area contributed by atoms with Crippen LogP contribution in [0, 0.1) is 0 Å². The van der Waals surface area contributed by atoms with Gasteiger partial charge in [0.05, 0.1) is 0 Å². The molecule has 0 spiro atoms. The van der Waals surface area contributed by atoms with Gasteiger partial charge in [-0.25, -0.2) is 0 Å². The molecule has 0 saturated heterocycles. The van der Waals surface area contributed by atoms with Crippen molar-refractivity contribution in [3.63, 3.8) is 0 Å². The molecule has 3 aromatic rings. The van der Waals surface area contributed by atoms with Gasteiger partial charge in [0.25, 0.3) is 0 Å². The van der Waals surface area contributed by atoms with Crippen molar-refractivity contribution in [1.82, 2.24) is 10.1 Å². The minimum atomic E-state index is 0.0999. The molecule has 1 N–H and O–H groups in total. The largest absolute Gasteiger partial charge is 0.504 e. The van der Waals surface area contributed by atoms with Crippen LogP contribution < -0.4 is 4.74 Å². The maximum Gasteiger partial charge on any atom is 0.226 e. The number of aryl methyl sites for hydroxylation is 1. The van der Waals surface area contributed by atoms with Gasteiger partial charge in [0.2, 0.25) is 11.7 Å². The van der Waals surface area contributed by atoms with Gasteiger partial charge in [-0.15, -0.1) is 0 Å². The lowest BCUT2D eigenvalue weighted by molar-refractivity contribution is 0.272. The van der Waals surface area contributed by atoms with Gasteiger partial charge in [-0.2, -0.15) is 4.98 Å². The second kappa shape index (κ2) is 5.21. The van der Waals surface area contributed by atoms with Crippen molar-refractivity contribution in [3.8, 4) is 11.5 Å². The molecule has 0 amide bonds. The van der Waals surface area contributed by atoms with Gasteiger partial charge in [-0.3, -0.25) is 0 Å². The fraction of sp³-hybridized carbons (Fsp3) is 0.200. The van der Waals surface area contributed by atoms with Gasteiger partial charge in [0.15, 0.2) is 18.1 Å². The van der Waals surface area contributed by atoms with E-state index < -0.39 is 0 Å². The molecule has 0 saturated carbocycles. The minimum Gasteiger partial charge on any atom is -0.504 e. The summed E-state index contributed by atoms with van der Waals surface area (Å²) in [6, 6.07) is 11.2. The number of aromatic hydroxyl groups is 1. The summed E-state index contributed by atoms with van der Waals surface area (Å²) >= 11 is 0. The molecule has 0 aliphatic heterocycles. The lowest BCUT2D eigenvalue weighted by Gasteiger charge is -2.07. The Kier molecular flexibility index (Phi) is 3.25. The third-order valence-electron chi connectivity index (χ3n) is 3.00. The molecule has 3 rings (SSSR count). The van der Waals surface area contributed by atoms with E-state index in [4.69, 9.17) is 9.26 Å². The van der Waals surface area contributed by atoms with Crippen LogP contribution in [0.15, 0.2) is 40.9 Å². The molecule has 1 aromatic heterocycles. The van der Waals surface area contributed by atoms with Crippen LogP contribution in [-0.2, 0) is 13.0 Å². The van der Waals surface area contributed by atoms with Crippen LogP contribution in [-0.4, -0.2) is 15.2 Å². The summed E-state index contributed by atoms with van der Waals surface area (Å²) in [5.41, 5.74) is 0. The number of rotatable bonds is 4. The van der Waals surface area contributed by atoms with Crippen LogP contribution in [0.25, 0.3) is 10.8 Å². The highest BCUT2D eigenvalue weighted by Gasteiger charge is 2.08. The van der Waals surface area contributed by atoms with Gasteiger partial charge >= 0.3 is 0 Å². The number of fused-ring (bicyclic) bond motifs is 1. The molecule has 2 aromatic carbocycles. The first-order chi connectivity index (χ1) is 9.76. The lowest BCUT2D eigenvalue weighted by atomic mass is 10.1. The van der Waals surface area contributed by atoms with Crippen molar-refractivity contribution < 1.29 is 14.4 Å². The number of phenolic OH excluding ortho intramolecular Hbond substituents is 1. The summed E-state index contributed by atoms with van der Waals surface area (Å²) < 4.78 is 10.6. The molecule has 0 radical (unpaired) electrons. The van der Waals surface area contributed by atoms with Crippen LogP contribution in [0.4, 0.5) is 0 Å². The minimum absolute atomic E-state index is 0.0999. The average Bonchev–Trinajstić information content (AvgIpc) is 2.93. The highest BCUT2D eigenvalue weighted by Crippen LogP contribution is 2.31. The monoisotopic (exact) mass is 270 g/mol. The van der Waals surface area contributed by atoms with Gasteiger partial charge in [0.1, 0.15) is 0 Å². The fourth-order valence-electron chi connectivity index (χ4n) is 1.96. The quantitative estimate of drug-likeness (QED) is 0.789. The number of ether oxygens (including phenoxy) is 1. The Bertz CT molecular complexity index is 737. The highest BCUT2D eigenvalue weighted by atomic mass is 16.5. The number of phenols is 1. The van der Waals surface area contributed by atoms with Crippen molar-refractivity contribution in [1.29, 1.82) is 0 Å². The Morgan fingerprint density at radius 1 is 1.20 bits per heavy atom. The molecule has 0 aliphatic carbocycles. The summed E-state index contributed by atoms with van der Waals surface area (Å²) in [5.74, 6) is 1.55. The van der Waals surface area contributed by atoms with Crippen molar-refractivity contribution >= 4 is 10.8 Å². The first kappa shape index (κ1) is 12.5. The summed E-state index contributed by atoms with van der Waals surface area (Å²) in [7, 11) is 0. The Morgan fingerprint density at radius 2 is 1.95 bits per heavy atom. The normalized spacial score (nSPS) is 10.8. The molecule has 1 heterocycles. The number of benzene rings is 2. The maximum atomic E-state index is 9.95. The zero-order valence-corrected chi connectivity index (χ0v) is 11.0. The van der Waals surface area contributed by atoms with E-state index in [0.717, 1.165) is 10.8 Å². The first-order valence-corrected chi connectivity index (χ1v) is 6.42. The van der Waals surface area contributed by atoms with Gasteiger partial charge < -0.3 is 14.4 Å². The van der Waals surface area contributed by atoms with Gasteiger partial charge in [-0.05, 0) is 22.9 Å². The van der Waals surface area contributed by atoms with E-state index in [1.165, 1.54) is 0 Å². The standard InChI is InChI=1S/C15H14N2O3/c1-2-15-16-14(17-20-15)9-19-13-8-11-6-4-3-5-10(11)7-12(13)18/h3-8,18H,2,9H2,1H3. The molecule has 0 aliphatic rings. The van der Waals surface area contributed by atoms with E-state index in [2.05, 4.69) is 10.1 Å². The van der Waals surface area contributed by atoms with Crippen molar-refractivity contribution in [2.24, 2.45) is 0 Å². The predicted octanol–water partition coefficient (Wildman–Crippen LogP) is 3.07. The molecule has 0 atom stereocenters. The van der Waals surface area contributed by atoms with Crippen molar-refractivity contribution in [3.05, 3.63) is 48.1 Å². The zero-order valence-electron chi connectivity index (χ0n) is 11.0. The number of aromatic nitrogens is 2. The molecule has 20 heavy (non-hydrogen) atoms. The maximum absolute atomic E-state index is 9.95. The van der Waals surface area contributed by atoms with E-state index in [9.17, 15) is 5.11 Å². The second-order valence-electron chi connectivity index (χ2n) is 4.41. The summed E-state index contributed by atoms with van der Waals surface area (Å²) in [6.45, 7) is 2.10. The number of hydrogen-bond acceptors (Lipinski definition) is 5. The van der Waals surface area contributed by atoms with Crippen LogP contribution >= 0.6 is 0 Å². The third kappa shape index (κ3) is 2.42. The van der Waals surface area contributed by atoms with Gasteiger partial charge in [-0.1, -0.05) is 36.3 Å². The van der Waals surface area contributed by atoms with Crippen molar-refractivity contribution in [2.75, 3.05) is 0 Å². The summed E-state index contributed by atoms with van der Waals surface area (Å²) in [4.78, 5) is 4.15. The molecule has 0 bridgehead atoms. The van der Waals surface area contributed by atoms with Gasteiger partial charge in [0, 0.05) is 6.42 Å². The van der Waals surface area contributed by atoms with Crippen LogP contribution in [0.1, 0.15) is 18.6 Å². The van der Waals surface area contributed by atoms with E-state index in [-0.39, 0.29) is 12.4 Å². The van der Waals surface area contributed by atoms with E-state index in [0.29, 0.717) is 23.9 Å². The molecule has 102 valence electrons. The molecule has 5 nitrogen and oxygen atoms in total. The first-order valence-electron chi connectivity index (χ1n) is 6.42. The highest BCUT2D eigenvalue weighted by molar-refractivity contribution is 5.85. The molecule has 5 heteroatoms. The molecule has 0 unspecified atom stereocenters. The smallest absolute Gasteiger partial charge is 0.226 e. The van der Waals surface area contributed by atoms with E-state index in [1.807, 2.05) is 31.2 Å². The Morgan fingerprint density at radius 3 is 2.65 bits per heavy atom. The Hall–Kier alpha value is -2.56. The van der Waals surface area contributed by atoms with Crippen LogP contribution in [0.5, 0.6) is 11.5 Å². The molecule has 0 fully saturated rings. The Labute approximate surface area is 115 Å². The van der Waals surface area contributed by atoms with E-state index >= 15 is 0 Å².